The van der Waals surface area contributed by atoms with Crippen LogP contribution in [-0.4, -0.2) is 74.1 Å². The molecule has 7 heteroatoms. The average molecular weight is 223 g/mol. The summed E-state index contributed by atoms with van der Waals surface area (Å²) in [4.78, 5) is 9.87. The van der Waals surface area contributed by atoms with Gasteiger partial charge in [0.15, 0.2) is 0 Å². The minimum Gasteiger partial charge on any atom is -0.394 e. The van der Waals surface area contributed by atoms with Crippen molar-refractivity contribution >= 4 is 6.29 Å². The first-order chi connectivity index (χ1) is 6.95. The van der Waals surface area contributed by atoms with E-state index >= 15 is 0 Å². The van der Waals surface area contributed by atoms with Crippen molar-refractivity contribution in [2.75, 3.05) is 6.61 Å². The highest BCUT2D eigenvalue weighted by molar-refractivity contribution is 5.51. The molecule has 15 heavy (non-hydrogen) atoms. The Kier molecular flexibility index (Phi) is 6.57. The maximum atomic E-state index is 9.87. The Labute approximate surface area is 86.2 Å². The minimum atomic E-state index is -1.87. The van der Waals surface area contributed by atoms with Crippen molar-refractivity contribution < 1.29 is 35.4 Å². The lowest BCUT2D eigenvalue weighted by atomic mass is 9.98. The van der Waals surface area contributed by atoms with Gasteiger partial charge in [0.05, 0.1) is 12.7 Å². The first-order valence-corrected chi connectivity index (χ1v) is 4.31. The van der Waals surface area contributed by atoms with Gasteiger partial charge in [0.2, 0.25) is 6.29 Å². The summed E-state index contributed by atoms with van der Waals surface area (Å²) >= 11 is 0. The Bertz CT molecular complexity index is 186. The number of rotatable bonds is 7. The molecule has 7 nitrogen and oxygen atoms in total. The maximum Gasteiger partial charge on any atom is 0.201 e. The highest BCUT2D eigenvalue weighted by atomic mass is 16.4. The second-order valence-corrected chi connectivity index (χ2v) is 3.14. The van der Waals surface area contributed by atoms with E-state index in [4.69, 9.17) is 20.4 Å². The molecule has 0 aliphatic heterocycles. The van der Waals surface area contributed by atoms with E-state index in [1.807, 2.05) is 0 Å². The van der Waals surface area contributed by atoms with Crippen LogP contribution in [0.4, 0.5) is 0 Å². The molecule has 6 N–H and O–H groups in total. The summed E-state index contributed by atoms with van der Waals surface area (Å²) < 4.78 is 0. The molecule has 0 rings (SSSR count). The molecular formula is C8H15O7. The molecule has 5 atom stereocenters. The van der Waals surface area contributed by atoms with E-state index in [2.05, 4.69) is 0 Å². The topological polar surface area (TPSA) is 138 Å². The monoisotopic (exact) mass is 223 g/mol. The second-order valence-electron chi connectivity index (χ2n) is 3.14. The van der Waals surface area contributed by atoms with Gasteiger partial charge in [-0.25, -0.2) is 0 Å². The fourth-order valence-corrected chi connectivity index (χ4v) is 0.971. The van der Waals surface area contributed by atoms with Gasteiger partial charge >= 0.3 is 0 Å². The Morgan fingerprint density at radius 1 is 0.867 bits per heavy atom. The molecule has 0 fully saturated rings. The zero-order valence-corrected chi connectivity index (χ0v) is 7.89. The molecule has 1 unspecified atom stereocenters. The molecule has 0 aromatic carbocycles. The summed E-state index contributed by atoms with van der Waals surface area (Å²) in [5.74, 6) is 0. The van der Waals surface area contributed by atoms with Crippen LogP contribution in [0.15, 0.2) is 0 Å². The van der Waals surface area contributed by atoms with E-state index in [0.29, 0.717) is 0 Å². The van der Waals surface area contributed by atoms with E-state index in [1.165, 1.54) is 6.29 Å². The summed E-state index contributed by atoms with van der Waals surface area (Å²) in [6.07, 6.45) is -7.91. The van der Waals surface area contributed by atoms with Crippen LogP contribution in [0, 0.1) is 0 Å². The molecule has 0 aliphatic carbocycles. The Hall–Kier alpha value is -0.570. The van der Waals surface area contributed by atoms with E-state index in [0.717, 1.165) is 0 Å². The fraction of sp³-hybridized carbons (Fsp3) is 0.875. The molecule has 89 valence electrons. The lowest BCUT2D eigenvalue weighted by Crippen LogP contribution is -2.50. The molecule has 0 amide bonds. The van der Waals surface area contributed by atoms with Crippen LogP contribution in [0.1, 0.15) is 6.42 Å². The molecule has 0 saturated heterocycles. The van der Waals surface area contributed by atoms with Crippen LogP contribution < -0.4 is 0 Å². The molecule has 0 aliphatic rings. The smallest absolute Gasteiger partial charge is 0.201 e. The first kappa shape index (κ1) is 14.4. The number of hydrogen-bond donors (Lipinski definition) is 6. The van der Waals surface area contributed by atoms with Gasteiger partial charge in [-0.15, -0.1) is 0 Å². The normalized spacial score (nSPS) is 21.5. The average Bonchev–Trinajstić information content (AvgIpc) is 2.25. The highest BCUT2D eigenvalue weighted by Gasteiger charge is 2.33. The van der Waals surface area contributed by atoms with Gasteiger partial charge in [0.25, 0.3) is 0 Å². The summed E-state index contributed by atoms with van der Waals surface area (Å²) in [6.45, 7) is -0.805. The van der Waals surface area contributed by atoms with E-state index in [-0.39, 0.29) is 0 Å². The SMILES string of the molecule is O=[C]CC(O)[C@@H](O)[C@@H](O)[C@H](O)[C@H](O)CO. The van der Waals surface area contributed by atoms with E-state index in [9.17, 15) is 15.0 Å². The van der Waals surface area contributed by atoms with Crippen molar-refractivity contribution in [2.45, 2.75) is 36.9 Å². The van der Waals surface area contributed by atoms with Crippen LogP contribution in [-0.2, 0) is 4.79 Å². The zero-order chi connectivity index (χ0) is 12.0. The van der Waals surface area contributed by atoms with E-state index in [1.54, 1.807) is 0 Å². The van der Waals surface area contributed by atoms with Gasteiger partial charge in [-0.1, -0.05) is 0 Å². The van der Waals surface area contributed by atoms with Crippen molar-refractivity contribution in [1.82, 2.24) is 0 Å². The lowest BCUT2D eigenvalue weighted by molar-refractivity contribution is -0.138. The summed E-state index contributed by atoms with van der Waals surface area (Å²) in [6, 6.07) is 0. The predicted octanol–water partition coefficient (Wildman–Crippen LogP) is -3.72. The third-order valence-corrected chi connectivity index (χ3v) is 1.97. The number of aliphatic hydroxyl groups is 6. The largest absolute Gasteiger partial charge is 0.394 e. The van der Waals surface area contributed by atoms with Crippen molar-refractivity contribution in [3.05, 3.63) is 0 Å². The van der Waals surface area contributed by atoms with Crippen LogP contribution in [0.3, 0.4) is 0 Å². The third kappa shape index (κ3) is 4.20. The van der Waals surface area contributed by atoms with Gasteiger partial charge in [-0.2, -0.15) is 0 Å². The standard InChI is InChI=1S/C8H15O7/c9-2-1-4(11)6(13)8(15)7(14)5(12)3-10/h4-8,10-15H,1,3H2/t4?,5-,6-,7-,8-/m1/s1. The second kappa shape index (κ2) is 6.83. The van der Waals surface area contributed by atoms with Gasteiger partial charge < -0.3 is 30.6 Å². The summed E-state index contributed by atoms with van der Waals surface area (Å²) in [5.41, 5.74) is 0. The zero-order valence-electron chi connectivity index (χ0n) is 7.89. The van der Waals surface area contributed by atoms with Gasteiger partial charge in [0.1, 0.15) is 24.4 Å². The number of carbonyl (C=O) groups excluding carboxylic acids is 1. The summed E-state index contributed by atoms with van der Waals surface area (Å²) in [5, 5.41) is 54.0. The summed E-state index contributed by atoms with van der Waals surface area (Å²) in [7, 11) is 0. The van der Waals surface area contributed by atoms with Crippen LogP contribution in [0.25, 0.3) is 0 Å². The van der Waals surface area contributed by atoms with Crippen LogP contribution >= 0.6 is 0 Å². The third-order valence-electron chi connectivity index (χ3n) is 1.97. The van der Waals surface area contributed by atoms with Crippen LogP contribution in [0.2, 0.25) is 0 Å². The van der Waals surface area contributed by atoms with Gasteiger partial charge in [0, 0.05) is 6.42 Å². The Balaban J connectivity index is 4.28. The molecule has 1 radical (unpaired) electrons. The molecule has 0 heterocycles. The Morgan fingerprint density at radius 3 is 1.73 bits per heavy atom. The fourth-order valence-electron chi connectivity index (χ4n) is 0.971. The van der Waals surface area contributed by atoms with Crippen molar-refractivity contribution in [3.63, 3.8) is 0 Å². The van der Waals surface area contributed by atoms with Crippen molar-refractivity contribution in [1.29, 1.82) is 0 Å². The van der Waals surface area contributed by atoms with E-state index < -0.39 is 43.5 Å². The molecule has 0 aromatic heterocycles. The highest BCUT2D eigenvalue weighted by Crippen LogP contribution is 2.09. The number of hydrogen-bond acceptors (Lipinski definition) is 7. The molecular weight excluding hydrogens is 208 g/mol. The number of aliphatic hydroxyl groups excluding tert-OH is 6. The Morgan fingerprint density at radius 2 is 1.33 bits per heavy atom. The molecule has 0 bridgehead atoms. The molecule has 0 aromatic rings. The van der Waals surface area contributed by atoms with Crippen molar-refractivity contribution in [2.24, 2.45) is 0 Å². The van der Waals surface area contributed by atoms with Gasteiger partial charge in [-0.3, -0.25) is 4.79 Å². The molecule has 0 saturated carbocycles. The molecule has 0 spiro atoms. The lowest BCUT2D eigenvalue weighted by Gasteiger charge is -2.27. The predicted molar refractivity (Wildman–Crippen MR) is 47.4 cm³/mol. The first-order valence-electron chi connectivity index (χ1n) is 4.31. The maximum absolute atomic E-state index is 9.87. The minimum absolute atomic E-state index is 0.528. The van der Waals surface area contributed by atoms with Crippen molar-refractivity contribution in [3.8, 4) is 0 Å². The van der Waals surface area contributed by atoms with Crippen LogP contribution in [0.5, 0.6) is 0 Å². The quantitative estimate of drug-likeness (QED) is 0.261. The van der Waals surface area contributed by atoms with Gasteiger partial charge in [-0.05, 0) is 0 Å².